The first kappa shape index (κ1) is 17.4. The number of carbonyl (C=O) groups excluding carboxylic acids is 1. The van der Waals surface area contributed by atoms with Crippen molar-refractivity contribution in [1.82, 2.24) is 0 Å². The summed E-state index contributed by atoms with van der Waals surface area (Å²) in [4.78, 5) is 11.4. The molecule has 18 heavy (non-hydrogen) atoms. The third-order valence-electron chi connectivity index (χ3n) is 2.38. The second-order valence-electron chi connectivity index (χ2n) is 5.76. The summed E-state index contributed by atoms with van der Waals surface area (Å²) in [6.07, 6.45) is 0.289. The van der Waals surface area contributed by atoms with E-state index in [0.717, 1.165) is 0 Å². The van der Waals surface area contributed by atoms with Gasteiger partial charge in [-0.2, -0.15) is 0 Å². The Kier molecular flexibility index (Phi) is 6.81. The van der Waals surface area contributed by atoms with Crippen LogP contribution in [0, 0.1) is 0 Å². The SMILES string of the molecule is COC(=O)C(C)(N)CC(C)OCCOC(C)(C)C. The minimum Gasteiger partial charge on any atom is -0.468 e. The van der Waals surface area contributed by atoms with Gasteiger partial charge >= 0.3 is 5.97 Å². The van der Waals surface area contributed by atoms with Gasteiger partial charge < -0.3 is 19.9 Å². The maximum Gasteiger partial charge on any atom is 0.325 e. The fourth-order valence-corrected chi connectivity index (χ4v) is 1.57. The zero-order valence-electron chi connectivity index (χ0n) is 12.4. The molecule has 2 atom stereocenters. The lowest BCUT2D eigenvalue weighted by Gasteiger charge is -2.26. The van der Waals surface area contributed by atoms with Gasteiger partial charge in [0.1, 0.15) is 5.54 Å². The molecular weight excluding hydrogens is 234 g/mol. The van der Waals surface area contributed by atoms with E-state index in [1.165, 1.54) is 7.11 Å². The summed E-state index contributed by atoms with van der Waals surface area (Å²) in [6, 6.07) is 0. The van der Waals surface area contributed by atoms with Crippen molar-refractivity contribution >= 4 is 5.97 Å². The lowest BCUT2D eigenvalue weighted by Crippen LogP contribution is -2.48. The Morgan fingerprint density at radius 1 is 1.22 bits per heavy atom. The van der Waals surface area contributed by atoms with Gasteiger partial charge in [-0.05, 0) is 34.6 Å². The fraction of sp³-hybridized carbons (Fsp3) is 0.923. The van der Waals surface area contributed by atoms with Gasteiger partial charge in [0.05, 0.1) is 32.0 Å². The summed E-state index contributed by atoms with van der Waals surface area (Å²) in [5, 5.41) is 0. The van der Waals surface area contributed by atoms with E-state index in [-0.39, 0.29) is 11.7 Å². The highest BCUT2D eigenvalue weighted by molar-refractivity contribution is 5.79. The number of ether oxygens (including phenoxy) is 3. The van der Waals surface area contributed by atoms with Gasteiger partial charge in [-0.1, -0.05) is 0 Å². The molecule has 0 heterocycles. The fourth-order valence-electron chi connectivity index (χ4n) is 1.57. The lowest BCUT2D eigenvalue weighted by molar-refractivity contribution is -0.148. The van der Waals surface area contributed by atoms with Crippen molar-refractivity contribution in [2.75, 3.05) is 20.3 Å². The maximum absolute atomic E-state index is 11.4. The van der Waals surface area contributed by atoms with Crippen LogP contribution in [0.5, 0.6) is 0 Å². The molecule has 0 saturated heterocycles. The van der Waals surface area contributed by atoms with Gasteiger partial charge in [0.2, 0.25) is 0 Å². The molecule has 2 N–H and O–H groups in total. The van der Waals surface area contributed by atoms with Gasteiger partial charge in [0, 0.05) is 6.42 Å². The maximum atomic E-state index is 11.4. The molecule has 0 radical (unpaired) electrons. The minimum atomic E-state index is -1.01. The standard InChI is InChI=1S/C13H27NO4/c1-10(9-13(5,14)11(15)16-6)17-7-8-18-12(2,3)4/h10H,7-9,14H2,1-6H3. The molecule has 0 bridgehead atoms. The molecule has 0 aromatic carbocycles. The smallest absolute Gasteiger partial charge is 0.325 e. The molecule has 5 nitrogen and oxygen atoms in total. The van der Waals surface area contributed by atoms with Crippen LogP contribution in [0.25, 0.3) is 0 Å². The second kappa shape index (κ2) is 7.07. The molecule has 108 valence electrons. The highest BCUT2D eigenvalue weighted by Crippen LogP contribution is 2.13. The average molecular weight is 261 g/mol. The number of hydrogen-bond donors (Lipinski definition) is 1. The number of hydrogen-bond acceptors (Lipinski definition) is 5. The van der Waals surface area contributed by atoms with Crippen molar-refractivity contribution in [1.29, 1.82) is 0 Å². The Labute approximate surface area is 110 Å². The first-order chi connectivity index (χ1) is 8.08. The van der Waals surface area contributed by atoms with E-state index in [2.05, 4.69) is 4.74 Å². The molecule has 0 aliphatic heterocycles. The normalized spacial score (nSPS) is 17.1. The van der Waals surface area contributed by atoms with Crippen LogP contribution in [0.2, 0.25) is 0 Å². The summed E-state index contributed by atoms with van der Waals surface area (Å²) in [5.74, 6) is -0.427. The van der Waals surface area contributed by atoms with E-state index in [4.69, 9.17) is 15.2 Å². The Morgan fingerprint density at radius 3 is 2.22 bits per heavy atom. The van der Waals surface area contributed by atoms with Crippen molar-refractivity contribution in [2.24, 2.45) is 5.73 Å². The van der Waals surface area contributed by atoms with Crippen LogP contribution in [-0.4, -0.2) is 43.5 Å². The van der Waals surface area contributed by atoms with Crippen molar-refractivity contribution in [2.45, 2.75) is 58.3 Å². The van der Waals surface area contributed by atoms with E-state index in [1.54, 1.807) is 6.92 Å². The van der Waals surface area contributed by atoms with Crippen LogP contribution < -0.4 is 5.73 Å². The summed E-state index contributed by atoms with van der Waals surface area (Å²) in [5.41, 5.74) is 4.68. The van der Waals surface area contributed by atoms with Gasteiger partial charge in [0.15, 0.2) is 0 Å². The topological polar surface area (TPSA) is 70.8 Å². The lowest BCUT2D eigenvalue weighted by atomic mass is 9.96. The Bertz CT molecular complexity index is 258. The van der Waals surface area contributed by atoms with Crippen molar-refractivity contribution in [3.63, 3.8) is 0 Å². The number of rotatable bonds is 7. The monoisotopic (exact) mass is 261 g/mol. The summed E-state index contributed by atoms with van der Waals surface area (Å²) in [6.45, 7) is 10.5. The van der Waals surface area contributed by atoms with Crippen molar-refractivity contribution in [3.8, 4) is 0 Å². The number of methoxy groups -OCH3 is 1. The molecule has 0 rings (SSSR count). The van der Waals surface area contributed by atoms with Crippen LogP contribution in [-0.2, 0) is 19.0 Å². The van der Waals surface area contributed by atoms with Crippen LogP contribution in [0.15, 0.2) is 0 Å². The zero-order chi connectivity index (χ0) is 14.4. The Morgan fingerprint density at radius 2 is 1.78 bits per heavy atom. The van der Waals surface area contributed by atoms with Crippen molar-refractivity contribution < 1.29 is 19.0 Å². The van der Waals surface area contributed by atoms with Gasteiger partial charge in [-0.3, -0.25) is 4.79 Å². The third kappa shape index (κ3) is 7.63. The second-order valence-corrected chi connectivity index (χ2v) is 5.76. The third-order valence-corrected chi connectivity index (χ3v) is 2.38. The van der Waals surface area contributed by atoms with Gasteiger partial charge in [-0.25, -0.2) is 0 Å². The molecule has 0 aliphatic rings. The highest BCUT2D eigenvalue weighted by Gasteiger charge is 2.31. The molecule has 2 unspecified atom stereocenters. The quantitative estimate of drug-likeness (QED) is 0.555. The largest absolute Gasteiger partial charge is 0.468 e. The van der Waals surface area contributed by atoms with E-state index in [9.17, 15) is 4.79 Å². The number of esters is 1. The highest BCUT2D eigenvalue weighted by atomic mass is 16.5. The number of nitrogens with two attached hydrogens (primary N) is 1. The summed E-state index contributed by atoms with van der Waals surface area (Å²) < 4.78 is 15.7. The molecule has 5 heteroatoms. The molecule has 0 aromatic heterocycles. The summed E-state index contributed by atoms with van der Waals surface area (Å²) in [7, 11) is 1.33. The Hall–Kier alpha value is -0.650. The summed E-state index contributed by atoms with van der Waals surface area (Å²) >= 11 is 0. The van der Waals surface area contributed by atoms with E-state index in [0.29, 0.717) is 19.6 Å². The van der Waals surface area contributed by atoms with E-state index in [1.807, 2.05) is 27.7 Å². The van der Waals surface area contributed by atoms with E-state index >= 15 is 0 Å². The van der Waals surface area contributed by atoms with Crippen molar-refractivity contribution in [3.05, 3.63) is 0 Å². The molecule has 0 fully saturated rings. The molecule has 0 amide bonds. The van der Waals surface area contributed by atoms with Gasteiger partial charge in [0.25, 0.3) is 0 Å². The first-order valence-corrected chi connectivity index (χ1v) is 6.21. The van der Waals surface area contributed by atoms with Gasteiger partial charge in [-0.15, -0.1) is 0 Å². The average Bonchev–Trinajstić information content (AvgIpc) is 2.21. The Balaban J connectivity index is 3.91. The first-order valence-electron chi connectivity index (χ1n) is 6.21. The molecule has 0 saturated carbocycles. The zero-order valence-corrected chi connectivity index (χ0v) is 12.4. The van der Waals surface area contributed by atoms with Crippen LogP contribution in [0.3, 0.4) is 0 Å². The minimum absolute atomic E-state index is 0.123. The van der Waals surface area contributed by atoms with Crippen LogP contribution in [0.1, 0.15) is 41.0 Å². The molecule has 0 aromatic rings. The molecule has 0 aliphatic carbocycles. The molecular formula is C13H27NO4. The number of carbonyl (C=O) groups is 1. The van der Waals surface area contributed by atoms with Crippen LogP contribution >= 0.6 is 0 Å². The molecule has 0 spiro atoms. The predicted octanol–water partition coefficient (Wildman–Crippen LogP) is 1.49. The van der Waals surface area contributed by atoms with E-state index < -0.39 is 11.5 Å². The van der Waals surface area contributed by atoms with Crippen LogP contribution in [0.4, 0.5) is 0 Å². The predicted molar refractivity (Wildman–Crippen MR) is 70.3 cm³/mol.